The Balaban J connectivity index is 1.30. The van der Waals surface area contributed by atoms with Crippen molar-refractivity contribution in [2.75, 3.05) is 18.5 Å². The number of aliphatic hydroxyl groups excluding tert-OH is 1. The summed E-state index contributed by atoms with van der Waals surface area (Å²) in [4.78, 5) is 40.6. The monoisotopic (exact) mass is 557 g/mol. The molecule has 5 rings (SSSR count). The van der Waals surface area contributed by atoms with Gasteiger partial charge < -0.3 is 30.2 Å². The summed E-state index contributed by atoms with van der Waals surface area (Å²) >= 11 is 0. The fraction of sp³-hybridized carbons (Fsp3) is 0.633. The van der Waals surface area contributed by atoms with Crippen molar-refractivity contribution in [1.29, 1.82) is 0 Å². The molecule has 0 spiro atoms. The molecule has 218 valence electrons. The predicted octanol–water partition coefficient (Wildman–Crippen LogP) is 5.07. The Morgan fingerprint density at radius 2 is 1.77 bits per heavy atom. The number of benzene rings is 1. The summed E-state index contributed by atoms with van der Waals surface area (Å²) in [7, 11) is 0. The van der Waals surface area contributed by atoms with Crippen LogP contribution in [-0.2, 0) is 16.2 Å². The van der Waals surface area contributed by atoms with Crippen LogP contribution in [0.2, 0.25) is 0 Å². The number of halogens is 1. The second kappa shape index (κ2) is 12.6. The minimum absolute atomic E-state index is 0.0159. The number of rotatable bonds is 8. The number of carbonyl (C=O) groups is 3. The highest BCUT2D eigenvalue weighted by Gasteiger charge is 2.47. The van der Waals surface area contributed by atoms with Crippen LogP contribution in [0.15, 0.2) is 28.7 Å². The number of aliphatic hydroxyl groups is 1. The van der Waals surface area contributed by atoms with Gasteiger partial charge in [-0.2, -0.15) is 0 Å². The van der Waals surface area contributed by atoms with Gasteiger partial charge in [0.05, 0.1) is 6.04 Å². The van der Waals surface area contributed by atoms with Crippen molar-refractivity contribution in [3.63, 3.8) is 0 Å². The topological polar surface area (TPSA) is 132 Å². The van der Waals surface area contributed by atoms with Gasteiger partial charge in [0, 0.05) is 23.5 Å². The Hall–Kier alpha value is -3.14. The number of amides is 3. The van der Waals surface area contributed by atoms with Crippen molar-refractivity contribution in [3.05, 3.63) is 30.0 Å². The SMILES string of the molecule is O=C(O)NC(CF)C1CCC(C(=O)N2CC[C@@H](C3CCCCC3)[C@H]2C(=O)Nc2ccc3oc(CO)cc3c2)CC1. The fourth-order valence-electron chi connectivity index (χ4n) is 7.37. The van der Waals surface area contributed by atoms with E-state index in [-0.39, 0.29) is 36.2 Å². The van der Waals surface area contributed by atoms with Gasteiger partial charge in [-0.25, -0.2) is 9.18 Å². The van der Waals surface area contributed by atoms with Gasteiger partial charge in [0.2, 0.25) is 11.8 Å². The lowest BCUT2D eigenvalue weighted by molar-refractivity contribution is -0.142. The highest BCUT2D eigenvalue weighted by atomic mass is 19.1. The average molecular weight is 558 g/mol. The molecule has 2 aliphatic carbocycles. The molecule has 1 unspecified atom stereocenters. The first-order valence-corrected chi connectivity index (χ1v) is 14.7. The summed E-state index contributed by atoms with van der Waals surface area (Å²) in [5.74, 6) is 0.391. The van der Waals surface area contributed by atoms with Crippen LogP contribution >= 0.6 is 0 Å². The number of nitrogens with zero attached hydrogens (tertiary/aromatic N) is 1. The van der Waals surface area contributed by atoms with E-state index in [1.807, 2.05) is 6.07 Å². The number of carbonyl (C=O) groups excluding carboxylic acids is 2. The maximum Gasteiger partial charge on any atom is 0.404 e. The normalized spacial score (nSPS) is 26.5. The van der Waals surface area contributed by atoms with E-state index in [1.54, 1.807) is 23.1 Å². The standard InChI is InChI=1S/C30H40FN3O6/c31-16-25(33-30(38)39)19-6-8-20(9-7-19)29(37)34-13-12-24(18-4-2-1-3-5-18)27(34)28(36)32-22-10-11-26-21(14-22)15-23(17-35)40-26/h10-11,14-15,18-20,24-25,27,33,35H,1-9,12-13,16-17H2,(H,32,36)(H,38,39)/t19?,20?,24-,25?,27-/m0/s1. The molecule has 1 aromatic carbocycles. The number of alkyl halides is 1. The molecule has 2 saturated carbocycles. The molecule has 3 fully saturated rings. The van der Waals surface area contributed by atoms with E-state index in [0.717, 1.165) is 37.5 Å². The van der Waals surface area contributed by atoms with Gasteiger partial charge in [0.25, 0.3) is 0 Å². The molecule has 3 aliphatic rings. The number of anilines is 1. The van der Waals surface area contributed by atoms with Gasteiger partial charge in [-0.3, -0.25) is 9.59 Å². The third-order valence-electron chi connectivity index (χ3n) is 9.41. The van der Waals surface area contributed by atoms with Gasteiger partial charge in [0.15, 0.2) is 0 Å². The molecule has 1 aromatic heterocycles. The fourth-order valence-corrected chi connectivity index (χ4v) is 7.37. The highest BCUT2D eigenvalue weighted by Crippen LogP contribution is 2.41. The Kier molecular flexibility index (Phi) is 8.93. The zero-order valence-electron chi connectivity index (χ0n) is 22.8. The molecular weight excluding hydrogens is 517 g/mol. The summed E-state index contributed by atoms with van der Waals surface area (Å²) in [6.45, 7) is -0.420. The summed E-state index contributed by atoms with van der Waals surface area (Å²) in [6.07, 6.45) is 7.50. The Bertz CT molecular complexity index is 1200. The van der Waals surface area contributed by atoms with Gasteiger partial charge >= 0.3 is 6.09 Å². The van der Waals surface area contributed by atoms with Crippen LogP contribution in [0.25, 0.3) is 11.0 Å². The molecule has 0 radical (unpaired) electrons. The number of likely N-dealkylation sites (tertiary alicyclic amines) is 1. The van der Waals surface area contributed by atoms with Crippen molar-refractivity contribution >= 4 is 34.6 Å². The maximum absolute atomic E-state index is 13.9. The lowest BCUT2D eigenvalue weighted by Crippen LogP contribution is -2.50. The lowest BCUT2D eigenvalue weighted by atomic mass is 9.76. The van der Waals surface area contributed by atoms with Gasteiger partial charge in [-0.15, -0.1) is 0 Å². The number of hydrogen-bond acceptors (Lipinski definition) is 5. The summed E-state index contributed by atoms with van der Waals surface area (Å²) in [6, 6.07) is 5.80. The van der Waals surface area contributed by atoms with E-state index in [4.69, 9.17) is 9.52 Å². The van der Waals surface area contributed by atoms with Crippen LogP contribution in [0, 0.1) is 23.7 Å². The van der Waals surface area contributed by atoms with Crippen LogP contribution in [0.5, 0.6) is 0 Å². The molecule has 3 amide bonds. The zero-order chi connectivity index (χ0) is 28.2. The predicted molar refractivity (Wildman–Crippen MR) is 147 cm³/mol. The Labute approximate surface area is 233 Å². The number of furan rings is 1. The van der Waals surface area contributed by atoms with Crippen molar-refractivity contribution < 1.29 is 33.4 Å². The Morgan fingerprint density at radius 3 is 2.45 bits per heavy atom. The van der Waals surface area contributed by atoms with Crippen LogP contribution < -0.4 is 10.6 Å². The minimum Gasteiger partial charge on any atom is -0.465 e. The summed E-state index contributed by atoms with van der Waals surface area (Å²) < 4.78 is 19.1. The van der Waals surface area contributed by atoms with Gasteiger partial charge in [-0.05, 0) is 74.1 Å². The zero-order valence-corrected chi connectivity index (χ0v) is 22.8. The first-order valence-electron chi connectivity index (χ1n) is 14.7. The van der Waals surface area contributed by atoms with Crippen LogP contribution in [0.1, 0.15) is 70.0 Å². The van der Waals surface area contributed by atoms with Crippen molar-refractivity contribution in [3.8, 4) is 0 Å². The van der Waals surface area contributed by atoms with E-state index < -0.39 is 24.9 Å². The number of nitrogens with one attached hydrogen (secondary N) is 2. The lowest BCUT2D eigenvalue weighted by Gasteiger charge is -2.37. The Morgan fingerprint density at radius 1 is 1.02 bits per heavy atom. The summed E-state index contributed by atoms with van der Waals surface area (Å²) in [5, 5.41) is 24.5. The van der Waals surface area contributed by atoms with E-state index in [9.17, 15) is 23.9 Å². The van der Waals surface area contributed by atoms with Crippen molar-refractivity contribution in [2.24, 2.45) is 23.7 Å². The van der Waals surface area contributed by atoms with E-state index >= 15 is 0 Å². The quantitative estimate of drug-likeness (QED) is 0.358. The van der Waals surface area contributed by atoms with Crippen LogP contribution in [0.3, 0.4) is 0 Å². The van der Waals surface area contributed by atoms with E-state index in [0.29, 0.717) is 55.2 Å². The third-order valence-corrected chi connectivity index (χ3v) is 9.41. The van der Waals surface area contributed by atoms with Gasteiger partial charge in [-0.1, -0.05) is 32.1 Å². The average Bonchev–Trinajstić information content (AvgIpc) is 3.60. The molecule has 0 bridgehead atoms. The molecule has 1 saturated heterocycles. The largest absolute Gasteiger partial charge is 0.465 e. The van der Waals surface area contributed by atoms with Crippen molar-refractivity contribution in [2.45, 2.75) is 82.9 Å². The molecule has 1 aliphatic heterocycles. The molecule has 2 heterocycles. The van der Waals surface area contributed by atoms with E-state index in [1.165, 1.54) is 6.42 Å². The molecule has 3 atom stereocenters. The molecule has 9 nitrogen and oxygen atoms in total. The third kappa shape index (κ3) is 6.11. The van der Waals surface area contributed by atoms with Gasteiger partial charge in [0.1, 0.15) is 30.7 Å². The first-order chi connectivity index (χ1) is 19.4. The minimum atomic E-state index is -1.23. The second-order valence-corrected chi connectivity index (χ2v) is 11.8. The smallest absolute Gasteiger partial charge is 0.404 e. The second-order valence-electron chi connectivity index (χ2n) is 11.8. The number of hydrogen-bond donors (Lipinski definition) is 4. The van der Waals surface area contributed by atoms with Crippen LogP contribution in [-0.4, -0.2) is 58.3 Å². The molecule has 4 N–H and O–H groups in total. The maximum atomic E-state index is 13.9. The highest BCUT2D eigenvalue weighted by molar-refractivity contribution is 5.99. The molecule has 10 heteroatoms. The molecule has 2 aromatic rings. The van der Waals surface area contributed by atoms with Crippen molar-refractivity contribution in [1.82, 2.24) is 10.2 Å². The number of fused-ring (bicyclic) bond motifs is 1. The summed E-state index contributed by atoms with van der Waals surface area (Å²) in [5.41, 5.74) is 1.25. The first kappa shape index (κ1) is 28.4. The molecule has 40 heavy (non-hydrogen) atoms. The molecular formula is C30H40FN3O6. The van der Waals surface area contributed by atoms with E-state index in [2.05, 4.69) is 10.6 Å². The van der Waals surface area contributed by atoms with Crippen LogP contribution in [0.4, 0.5) is 14.9 Å². The number of carboxylic acid groups (broad SMARTS) is 1.